The number of halogens is 2. The van der Waals surface area contributed by atoms with Gasteiger partial charge in [-0.3, -0.25) is 4.79 Å². The van der Waals surface area contributed by atoms with Gasteiger partial charge < -0.3 is 15.8 Å². The third kappa shape index (κ3) is 3.81. The summed E-state index contributed by atoms with van der Waals surface area (Å²) in [5.74, 6) is -0.480. The maximum Gasteiger partial charge on any atom is 0.227 e. The quantitative estimate of drug-likeness (QED) is 0.897. The first-order valence-corrected chi connectivity index (χ1v) is 6.00. The van der Waals surface area contributed by atoms with Crippen LogP contribution in [0.2, 0.25) is 0 Å². The smallest absolute Gasteiger partial charge is 0.227 e. The van der Waals surface area contributed by atoms with Gasteiger partial charge in [-0.25, -0.2) is 4.39 Å². The van der Waals surface area contributed by atoms with E-state index in [9.17, 15) is 9.18 Å². The van der Waals surface area contributed by atoms with Crippen LogP contribution in [0.4, 0.5) is 10.1 Å². The second-order valence-electron chi connectivity index (χ2n) is 4.61. The summed E-state index contributed by atoms with van der Waals surface area (Å²) in [6.07, 6.45) is 2.37. The molecule has 0 aliphatic heterocycles. The van der Waals surface area contributed by atoms with E-state index in [1.54, 1.807) is 6.07 Å². The summed E-state index contributed by atoms with van der Waals surface area (Å²) in [5.41, 5.74) is 6.21. The van der Waals surface area contributed by atoms with E-state index in [1.165, 1.54) is 19.2 Å². The van der Waals surface area contributed by atoms with Gasteiger partial charge in [-0.2, -0.15) is 0 Å². The molecule has 1 aliphatic rings. The lowest BCUT2D eigenvalue weighted by Crippen LogP contribution is -2.23. The van der Waals surface area contributed by atoms with Crippen molar-refractivity contribution in [1.29, 1.82) is 0 Å². The fraction of sp³-hybridized carbons (Fsp3) is 0.462. The zero-order valence-electron chi connectivity index (χ0n) is 10.7. The van der Waals surface area contributed by atoms with Crippen molar-refractivity contribution in [3.63, 3.8) is 0 Å². The van der Waals surface area contributed by atoms with E-state index in [0.29, 0.717) is 12.1 Å². The summed E-state index contributed by atoms with van der Waals surface area (Å²) >= 11 is 0. The fourth-order valence-corrected chi connectivity index (χ4v) is 2.24. The number of amides is 1. The Balaban J connectivity index is 0.00000180. The summed E-state index contributed by atoms with van der Waals surface area (Å²) in [7, 11) is 1.40. The fourth-order valence-electron chi connectivity index (χ4n) is 2.24. The maximum absolute atomic E-state index is 13.4. The lowest BCUT2D eigenvalue weighted by Gasteiger charge is -2.11. The van der Waals surface area contributed by atoms with Gasteiger partial charge in [0.05, 0.1) is 7.11 Å². The number of methoxy groups -OCH3 is 1. The topological polar surface area (TPSA) is 64.3 Å². The molecule has 6 heteroatoms. The minimum absolute atomic E-state index is 0. The van der Waals surface area contributed by atoms with Gasteiger partial charge in [0.15, 0.2) is 11.6 Å². The number of ether oxygens (including phenoxy) is 1. The highest BCUT2D eigenvalue weighted by molar-refractivity contribution is 5.92. The van der Waals surface area contributed by atoms with Crippen molar-refractivity contribution in [2.24, 2.45) is 11.7 Å². The monoisotopic (exact) mass is 288 g/mol. The molecule has 1 amide bonds. The van der Waals surface area contributed by atoms with Crippen LogP contribution >= 0.6 is 12.4 Å². The number of hydrogen-bond donors (Lipinski definition) is 2. The Morgan fingerprint density at radius 1 is 1.47 bits per heavy atom. The number of carbonyl (C=O) groups excluding carboxylic acids is 1. The van der Waals surface area contributed by atoms with Crippen molar-refractivity contribution in [2.45, 2.75) is 25.3 Å². The molecule has 2 atom stereocenters. The zero-order chi connectivity index (χ0) is 13.1. The predicted octanol–water partition coefficient (Wildman–Crippen LogP) is 2.32. The van der Waals surface area contributed by atoms with Crippen molar-refractivity contribution < 1.29 is 13.9 Å². The molecule has 4 nitrogen and oxygen atoms in total. The molecule has 2 rings (SSSR count). The summed E-state index contributed by atoms with van der Waals surface area (Å²) in [6, 6.07) is 4.47. The molecular weight excluding hydrogens is 271 g/mol. The van der Waals surface area contributed by atoms with Crippen LogP contribution in [-0.2, 0) is 4.79 Å². The Kier molecular flexibility index (Phi) is 5.57. The van der Waals surface area contributed by atoms with Crippen LogP contribution in [0.15, 0.2) is 18.2 Å². The van der Waals surface area contributed by atoms with Crippen molar-refractivity contribution in [3.8, 4) is 5.75 Å². The molecule has 0 saturated heterocycles. The normalized spacial score (nSPS) is 21.6. The van der Waals surface area contributed by atoms with E-state index >= 15 is 0 Å². The average Bonchev–Trinajstić information content (AvgIpc) is 2.76. The third-order valence-electron chi connectivity index (χ3n) is 3.26. The number of benzene rings is 1. The van der Waals surface area contributed by atoms with Crippen LogP contribution in [-0.4, -0.2) is 19.1 Å². The van der Waals surface area contributed by atoms with Gasteiger partial charge in [0.2, 0.25) is 5.91 Å². The van der Waals surface area contributed by atoms with Crippen molar-refractivity contribution >= 4 is 24.0 Å². The largest absolute Gasteiger partial charge is 0.494 e. The van der Waals surface area contributed by atoms with E-state index in [4.69, 9.17) is 10.5 Å². The van der Waals surface area contributed by atoms with Crippen LogP contribution < -0.4 is 15.8 Å². The maximum atomic E-state index is 13.4. The Bertz CT molecular complexity index is 456. The Hall–Kier alpha value is -1.33. The van der Waals surface area contributed by atoms with E-state index in [-0.39, 0.29) is 36.0 Å². The van der Waals surface area contributed by atoms with E-state index in [1.807, 2.05) is 0 Å². The van der Waals surface area contributed by atoms with E-state index in [2.05, 4.69) is 5.32 Å². The molecule has 2 unspecified atom stereocenters. The molecule has 0 heterocycles. The van der Waals surface area contributed by atoms with Gasteiger partial charge in [0, 0.05) is 23.7 Å². The molecule has 1 aromatic rings. The molecule has 1 saturated carbocycles. The van der Waals surface area contributed by atoms with Crippen molar-refractivity contribution in [2.75, 3.05) is 12.4 Å². The number of nitrogens with one attached hydrogen (secondary N) is 1. The molecule has 0 radical (unpaired) electrons. The van der Waals surface area contributed by atoms with Crippen LogP contribution in [0.25, 0.3) is 0 Å². The first-order valence-electron chi connectivity index (χ1n) is 6.00. The molecule has 3 N–H and O–H groups in total. The highest BCUT2D eigenvalue weighted by atomic mass is 35.5. The molecule has 0 spiro atoms. The molecule has 1 aliphatic carbocycles. The Labute approximate surface area is 117 Å². The highest BCUT2D eigenvalue weighted by Gasteiger charge is 2.27. The molecule has 0 aromatic heterocycles. The van der Waals surface area contributed by atoms with Crippen molar-refractivity contribution in [1.82, 2.24) is 0 Å². The van der Waals surface area contributed by atoms with Crippen LogP contribution in [0.3, 0.4) is 0 Å². The molecule has 0 bridgehead atoms. The third-order valence-corrected chi connectivity index (χ3v) is 3.26. The highest BCUT2D eigenvalue weighted by Crippen LogP contribution is 2.26. The zero-order valence-corrected chi connectivity index (χ0v) is 11.5. The Morgan fingerprint density at radius 3 is 2.74 bits per heavy atom. The first kappa shape index (κ1) is 15.7. The van der Waals surface area contributed by atoms with Crippen LogP contribution in [0, 0.1) is 11.7 Å². The summed E-state index contributed by atoms with van der Waals surface area (Å²) in [4.78, 5) is 11.9. The second-order valence-corrected chi connectivity index (χ2v) is 4.61. The van der Waals surface area contributed by atoms with E-state index in [0.717, 1.165) is 12.8 Å². The number of carbonyl (C=O) groups is 1. The van der Waals surface area contributed by atoms with Gasteiger partial charge in [0.25, 0.3) is 0 Å². The van der Waals surface area contributed by atoms with Crippen LogP contribution in [0.5, 0.6) is 5.75 Å². The molecular formula is C13H18ClFN2O2. The van der Waals surface area contributed by atoms with Crippen LogP contribution in [0.1, 0.15) is 19.3 Å². The molecule has 1 aromatic carbocycles. The van der Waals surface area contributed by atoms with Crippen molar-refractivity contribution in [3.05, 3.63) is 24.0 Å². The number of hydrogen-bond acceptors (Lipinski definition) is 3. The SMILES string of the molecule is COc1ccc(NC(=O)C2CCC(N)C2)cc1F.Cl. The minimum Gasteiger partial charge on any atom is -0.494 e. The second kappa shape index (κ2) is 6.73. The van der Waals surface area contributed by atoms with Gasteiger partial charge in [-0.05, 0) is 31.4 Å². The van der Waals surface area contributed by atoms with E-state index < -0.39 is 5.82 Å². The van der Waals surface area contributed by atoms with Gasteiger partial charge in [-0.15, -0.1) is 12.4 Å². The Morgan fingerprint density at radius 2 is 2.21 bits per heavy atom. The number of rotatable bonds is 3. The minimum atomic E-state index is -0.488. The lowest BCUT2D eigenvalue weighted by atomic mass is 10.1. The van der Waals surface area contributed by atoms with Gasteiger partial charge in [-0.1, -0.05) is 0 Å². The number of anilines is 1. The van der Waals surface area contributed by atoms with Gasteiger partial charge in [0.1, 0.15) is 0 Å². The molecule has 19 heavy (non-hydrogen) atoms. The standard InChI is InChI=1S/C13H17FN2O2.ClH/c1-18-12-5-4-10(7-11(12)14)16-13(17)8-2-3-9(15)6-8;/h4-5,7-9H,2-3,6,15H2,1H3,(H,16,17);1H. The summed E-state index contributed by atoms with van der Waals surface area (Å²) < 4.78 is 18.3. The lowest BCUT2D eigenvalue weighted by molar-refractivity contribution is -0.119. The average molecular weight is 289 g/mol. The summed E-state index contributed by atoms with van der Waals surface area (Å²) in [6.45, 7) is 0. The first-order chi connectivity index (χ1) is 8.60. The molecule has 106 valence electrons. The van der Waals surface area contributed by atoms with Gasteiger partial charge >= 0.3 is 0 Å². The summed E-state index contributed by atoms with van der Waals surface area (Å²) in [5, 5.41) is 2.71. The molecule has 1 fully saturated rings. The number of nitrogens with two attached hydrogens (primary N) is 1. The predicted molar refractivity (Wildman–Crippen MR) is 74.1 cm³/mol.